The first-order valence-electron chi connectivity index (χ1n) is 10.0. The summed E-state index contributed by atoms with van der Waals surface area (Å²) in [5.74, 6) is -2.38. The van der Waals surface area contributed by atoms with E-state index in [4.69, 9.17) is 4.74 Å². The van der Waals surface area contributed by atoms with Crippen molar-refractivity contribution in [2.24, 2.45) is 0 Å². The lowest BCUT2D eigenvalue weighted by Crippen LogP contribution is -2.43. The molecule has 0 bridgehead atoms. The van der Waals surface area contributed by atoms with Crippen LogP contribution in [0.3, 0.4) is 0 Å². The Balaban J connectivity index is 2.36. The monoisotopic (exact) mass is 499 g/mol. The molecule has 0 aliphatic heterocycles. The van der Waals surface area contributed by atoms with Gasteiger partial charge in [-0.25, -0.2) is 17.6 Å². The second-order valence-electron chi connectivity index (χ2n) is 7.21. The Labute approximate surface area is 196 Å². The number of nitrogens with zero attached hydrogens (tertiary/aromatic N) is 1. The highest BCUT2D eigenvalue weighted by molar-refractivity contribution is 7.89. The summed E-state index contributed by atoms with van der Waals surface area (Å²) >= 11 is 0.906. The SMILES string of the molecule is CCOC(=O)c1c(NC(=O)C(CC)NS(=O)(=O)c2ccc(F)cc2)sc(C(=O)N(C)C)c1C. The highest BCUT2D eigenvalue weighted by atomic mass is 32.2. The quantitative estimate of drug-likeness (QED) is 0.512. The van der Waals surface area contributed by atoms with Crippen LogP contribution in [-0.2, 0) is 19.6 Å². The molecule has 33 heavy (non-hydrogen) atoms. The maximum Gasteiger partial charge on any atom is 0.341 e. The Morgan fingerprint density at radius 2 is 1.76 bits per heavy atom. The van der Waals surface area contributed by atoms with E-state index in [1.54, 1.807) is 34.9 Å². The van der Waals surface area contributed by atoms with Gasteiger partial charge in [0.2, 0.25) is 15.9 Å². The summed E-state index contributed by atoms with van der Waals surface area (Å²) < 4.78 is 45.7. The molecular formula is C21H26FN3O6S2. The number of carbonyl (C=O) groups excluding carboxylic acids is 3. The molecule has 0 radical (unpaired) electrons. The van der Waals surface area contributed by atoms with Crippen LogP contribution in [0.25, 0.3) is 0 Å². The third kappa shape index (κ3) is 6.15. The van der Waals surface area contributed by atoms with Gasteiger partial charge < -0.3 is 15.0 Å². The Morgan fingerprint density at radius 3 is 2.27 bits per heavy atom. The fourth-order valence-corrected chi connectivity index (χ4v) is 5.35. The molecule has 1 aromatic carbocycles. The van der Waals surface area contributed by atoms with Crippen molar-refractivity contribution >= 4 is 44.1 Å². The number of halogens is 1. The molecule has 0 aliphatic rings. The fraction of sp³-hybridized carbons (Fsp3) is 0.381. The number of sulfonamides is 1. The van der Waals surface area contributed by atoms with Gasteiger partial charge in [-0.2, -0.15) is 4.72 Å². The number of anilines is 1. The van der Waals surface area contributed by atoms with Gasteiger partial charge in [0.15, 0.2) is 0 Å². The molecule has 0 spiro atoms. The van der Waals surface area contributed by atoms with Crippen LogP contribution in [0.4, 0.5) is 9.39 Å². The Hall–Kier alpha value is -2.83. The lowest BCUT2D eigenvalue weighted by molar-refractivity contribution is -0.117. The number of thiophene rings is 1. The van der Waals surface area contributed by atoms with Crippen LogP contribution in [0.5, 0.6) is 0 Å². The molecule has 9 nitrogen and oxygen atoms in total. The minimum absolute atomic E-state index is 0.0386. The van der Waals surface area contributed by atoms with Crippen molar-refractivity contribution in [1.29, 1.82) is 0 Å². The number of nitrogens with one attached hydrogen (secondary N) is 2. The van der Waals surface area contributed by atoms with E-state index < -0.39 is 33.8 Å². The van der Waals surface area contributed by atoms with Gasteiger partial charge in [0.25, 0.3) is 5.91 Å². The average Bonchev–Trinajstić information content (AvgIpc) is 3.07. The standard InChI is InChI=1S/C21H26FN3O6S2/c1-6-15(24-33(29,30)14-10-8-13(22)9-11-14)18(26)23-19-16(21(28)31-7-2)12(3)17(32-19)20(27)25(4)5/h8-11,15,24H,6-7H2,1-5H3,(H,23,26). The van der Waals surface area contributed by atoms with Crippen molar-refractivity contribution < 1.29 is 31.9 Å². The summed E-state index contributed by atoms with van der Waals surface area (Å²) in [6.45, 7) is 4.89. The molecule has 180 valence electrons. The number of rotatable bonds is 9. The molecule has 2 aromatic rings. The fourth-order valence-electron chi connectivity index (χ4n) is 2.85. The highest BCUT2D eigenvalue weighted by Gasteiger charge is 2.30. The first-order valence-corrected chi connectivity index (χ1v) is 12.3. The first-order chi connectivity index (χ1) is 15.4. The predicted octanol–water partition coefficient (Wildman–Crippen LogP) is 2.77. The van der Waals surface area contributed by atoms with Gasteiger partial charge in [0.1, 0.15) is 16.9 Å². The third-order valence-corrected chi connectivity index (χ3v) is 7.29. The minimum Gasteiger partial charge on any atom is -0.462 e. The normalized spacial score (nSPS) is 12.2. The Morgan fingerprint density at radius 1 is 1.15 bits per heavy atom. The van der Waals surface area contributed by atoms with E-state index in [2.05, 4.69) is 10.0 Å². The summed E-state index contributed by atoms with van der Waals surface area (Å²) in [4.78, 5) is 39.3. The number of hydrogen-bond donors (Lipinski definition) is 2. The molecule has 2 N–H and O–H groups in total. The van der Waals surface area contributed by atoms with Crippen LogP contribution < -0.4 is 10.0 Å². The lowest BCUT2D eigenvalue weighted by Gasteiger charge is -2.17. The molecular weight excluding hydrogens is 473 g/mol. The van der Waals surface area contributed by atoms with Crippen LogP contribution in [0, 0.1) is 12.7 Å². The van der Waals surface area contributed by atoms with Crippen LogP contribution in [0.15, 0.2) is 29.2 Å². The number of amides is 2. The van der Waals surface area contributed by atoms with Crippen molar-refractivity contribution in [3.8, 4) is 0 Å². The van der Waals surface area contributed by atoms with E-state index in [0.717, 1.165) is 35.6 Å². The van der Waals surface area contributed by atoms with Gasteiger partial charge in [-0.05, 0) is 50.1 Å². The van der Waals surface area contributed by atoms with Gasteiger partial charge in [-0.1, -0.05) is 6.92 Å². The summed E-state index contributed by atoms with van der Waals surface area (Å²) in [7, 11) is -1.00. The van der Waals surface area contributed by atoms with Crippen molar-refractivity contribution in [1.82, 2.24) is 9.62 Å². The summed E-state index contributed by atoms with van der Waals surface area (Å²) in [5.41, 5.74) is 0.393. The second-order valence-corrected chi connectivity index (χ2v) is 9.94. The molecule has 0 aliphatic carbocycles. The zero-order chi connectivity index (χ0) is 24.9. The van der Waals surface area contributed by atoms with E-state index >= 15 is 0 Å². The van der Waals surface area contributed by atoms with Crippen molar-refractivity contribution in [3.63, 3.8) is 0 Å². The summed E-state index contributed by atoms with van der Waals surface area (Å²) in [5, 5.41) is 2.64. The Kier molecular flexibility index (Phi) is 8.69. The smallest absolute Gasteiger partial charge is 0.341 e. The molecule has 1 aromatic heterocycles. The molecule has 1 atom stereocenters. The van der Waals surface area contributed by atoms with Gasteiger partial charge >= 0.3 is 5.97 Å². The second kappa shape index (κ2) is 10.9. The van der Waals surface area contributed by atoms with E-state index in [1.165, 1.54) is 4.90 Å². The molecule has 0 saturated carbocycles. The van der Waals surface area contributed by atoms with Crippen LogP contribution in [0.2, 0.25) is 0 Å². The molecule has 12 heteroatoms. The average molecular weight is 500 g/mol. The lowest BCUT2D eigenvalue weighted by atomic mass is 10.1. The minimum atomic E-state index is -4.11. The number of carbonyl (C=O) groups is 3. The highest BCUT2D eigenvalue weighted by Crippen LogP contribution is 2.34. The molecule has 2 rings (SSSR count). The van der Waals surface area contributed by atoms with Crippen LogP contribution in [-0.4, -0.2) is 57.8 Å². The predicted molar refractivity (Wildman–Crippen MR) is 122 cm³/mol. The third-order valence-electron chi connectivity index (χ3n) is 4.61. The van der Waals surface area contributed by atoms with Gasteiger partial charge in [-0.3, -0.25) is 9.59 Å². The summed E-state index contributed by atoms with van der Waals surface area (Å²) in [6.07, 6.45) is 0.0921. The van der Waals surface area contributed by atoms with Gasteiger partial charge in [0.05, 0.1) is 21.9 Å². The number of esters is 1. The van der Waals surface area contributed by atoms with Crippen LogP contribution in [0.1, 0.15) is 45.9 Å². The first kappa shape index (κ1) is 26.4. The van der Waals surface area contributed by atoms with Crippen molar-refractivity contribution in [2.45, 2.75) is 38.1 Å². The molecule has 1 heterocycles. The van der Waals surface area contributed by atoms with E-state index in [1.807, 2.05) is 0 Å². The molecule has 2 amide bonds. The zero-order valence-electron chi connectivity index (χ0n) is 18.9. The van der Waals surface area contributed by atoms with Crippen molar-refractivity contribution in [2.75, 3.05) is 26.0 Å². The van der Waals surface area contributed by atoms with E-state index in [0.29, 0.717) is 5.56 Å². The number of hydrogen-bond acceptors (Lipinski definition) is 7. The van der Waals surface area contributed by atoms with Gasteiger partial charge in [-0.15, -0.1) is 11.3 Å². The maximum atomic E-state index is 13.1. The van der Waals surface area contributed by atoms with Crippen LogP contribution >= 0.6 is 11.3 Å². The largest absolute Gasteiger partial charge is 0.462 e. The van der Waals surface area contributed by atoms with E-state index in [-0.39, 0.29) is 39.3 Å². The topological polar surface area (TPSA) is 122 Å². The number of benzene rings is 1. The zero-order valence-corrected chi connectivity index (χ0v) is 20.5. The molecule has 1 unspecified atom stereocenters. The van der Waals surface area contributed by atoms with Crippen molar-refractivity contribution in [3.05, 3.63) is 46.1 Å². The van der Waals surface area contributed by atoms with E-state index in [9.17, 15) is 27.2 Å². The summed E-state index contributed by atoms with van der Waals surface area (Å²) in [6, 6.07) is 2.98. The Bertz CT molecular complexity index is 1140. The van der Waals surface area contributed by atoms with Gasteiger partial charge in [0, 0.05) is 14.1 Å². The molecule has 0 fully saturated rings. The molecule has 0 saturated heterocycles. The maximum absolute atomic E-state index is 13.1. The number of ether oxygens (including phenoxy) is 1.